The molecule has 6 heteroatoms. The van der Waals surface area contributed by atoms with Gasteiger partial charge in [-0.15, -0.1) is 0 Å². The Hall–Kier alpha value is -3.67. The van der Waals surface area contributed by atoms with Crippen LogP contribution in [-0.2, 0) is 6.54 Å². The minimum atomic E-state index is -0.141. The molecule has 1 aliphatic carbocycles. The Morgan fingerprint density at radius 2 is 1.84 bits per heavy atom. The summed E-state index contributed by atoms with van der Waals surface area (Å²) in [4.78, 5) is 18.0. The highest BCUT2D eigenvalue weighted by molar-refractivity contribution is 6.00. The number of hydrogen-bond acceptors (Lipinski definition) is 3. The van der Waals surface area contributed by atoms with E-state index in [1.807, 2.05) is 34.9 Å². The van der Waals surface area contributed by atoms with Crippen molar-refractivity contribution < 1.29 is 4.79 Å². The Balaban J connectivity index is 1.60. The van der Waals surface area contributed by atoms with Gasteiger partial charge in [0, 0.05) is 11.6 Å². The second-order valence-corrected chi connectivity index (χ2v) is 8.59. The third kappa shape index (κ3) is 3.84. The molecule has 4 N–H and O–H groups in total. The van der Waals surface area contributed by atoms with E-state index >= 15 is 0 Å². The zero-order chi connectivity index (χ0) is 22.1. The summed E-state index contributed by atoms with van der Waals surface area (Å²) in [6, 6.07) is 20.2. The van der Waals surface area contributed by atoms with Gasteiger partial charge >= 0.3 is 0 Å². The van der Waals surface area contributed by atoms with Crippen molar-refractivity contribution in [1.29, 1.82) is 5.41 Å². The van der Waals surface area contributed by atoms with Gasteiger partial charge in [0.15, 0.2) is 5.82 Å². The van der Waals surface area contributed by atoms with E-state index < -0.39 is 0 Å². The number of rotatable bonds is 5. The summed E-state index contributed by atoms with van der Waals surface area (Å²) in [6.07, 6.45) is 5.58. The molecule has 6 nitrogen and oxygen atoms in total. The van der Waals surface area contributed by atoms with Crippen LogP contribution in [0.4, 0.5) is 0 Å². The molecular weight excluding hydrogens is 398 g/mol. The van der Waals surface area contributed by atoms with Gasteiger partial charge in [-0.1, -0.05) is 61.7 Å². The van der Waals surface area contributed by atoms with E-state index in [1.165, 1.54) is 6.42 Å². The number of carbonyl (C=O) groups is 1. The summed E-state index contributed by atoms with van der Waals surface area (Å²) < 4.78 is 1.96. The van der Waals surface area contributed by atoms with Crippen molar-refractivity contribution in [2.45, 2.75) is 44.7 Å². The first kappa shape index (κ1) is 20.2. The van der Waals surface area contributed by atoms with Crippen LogP contribution in [0, 0.1) is 5.41 Å². The molecule has 3 aromatic carbocycles. The molecule has 1 heterocycles. The van der Waals surface area contributed by atoms with Crippen LogP contribution in [0.15, 0.2) is 60.7 Å². The Morgan fingerprint density at radius 3 is 2.66 bits per heavy atom. The van der Waals surface area contributed by atoms with Crippen molar-refractivity contribution in [2.75, 3.05) is 0 Å². The topological polar surface area (TPSA) is 96.8 Å². The summed E-state index contributed by atoms with van der Waals surface area (Å²) in [5, 5.41) is 13.4. The minimum absolute atomic E-state index is 0.00184. The average molecular weight is 426 g/mol. The fraction of sp³-hybridized carbons (Fsp3) is 0.269. The lowest BCUT2D eigenvalue weighted by Crippen LogP contribution is -2.37. The summed E-state index contributed by atoms with van der Waals surface area (Å²) in [6.45, 7) is 0.507. The van der Waals surface area contributed by atoms with Gasteiger partial charge in [0.05, 0.1) is 17.6 Å². The van der Waals surface area contributed by atoms with Gasteiger partial charge in [0.2, 0.25) is 0 Å². The van der Waals surface area contributed by atoms with E-state index in [0.717, 1.165) is 53.1 Å². The number of nitrogen functional groups attached to an aromatic ring is 1. The highest BCUT2D eigenvalue weighted by Crippen LogP contribution is 2.25. The van der Waals surface area contributed by atoms with Gasteiger partial charge in [-0.05, 0) is 47.4 Å². The number of imidazole rings is 1. The van der Waals surface area contributed by atoms with Gasteiger partial charge < -0.3 is 15.6 Å². The molecule has 1 amide bonds. The van der Waals surface area contributed by atoms with E-state index in [-0.39, 0.29) is 17.8 Å². The fourth-order valence-electron chi connectivity index (χ4n) is 4.72. The molecule has 5 rings (SSSR count). The Labute approximate surface area is 187 Å². The van der Waals surface area contributed by atoms with Crippen LogP contribution < -0.4 is 11.1 Å². The molecule has 0 unspecified atom stereocenters. The molecule has 0 bridgehead atoms. The predicted octanol–water partition coefficient (Wildman–Crippen LogP) is 4.58. The van der Waals surface area contributed by atoms with Gasteiger partial charge in [-0.2, -0.15) is 0 Å². The number of nitrogens with zero attached hydrogens (tertiary/aromatic N) is 2. The highest BCUT2D eigenvalue weighted by atomic mass is 16.2. The maximum atomic E-state index is 13.3. The maximum Gasteiger partial charge on any atom is 0.287 e. The molecular formula is C26H27N5O. The largest absolute Gasteiger partial charge is 0.384 e. The molecule has 0 atom stereocenters. The fourth-order valence-corrected chi connectivity index (χ4v) is 4.72. The number of aromatic nitrogens is 2. The molecule has 1 aliphatic rings. The van der Waals surface area contributed by atoms with E-state index in [2.05, 4.69) is 29.6 Å². The molecule has 0 radical (unpaired) electrons. The number of benzene rings is 3. The average Bonchev–Trinajstić information content (AvgIpc) is 3.18. The molecule has 1 aromatic heterocycles. The Morgan fingerprint density at radius 1 is 1.06 bits per heavy atom. The number of nitrogens with one attached hydrogen (secondary N) is 2. The smallest absolute Gasteiger partial charge is 0.287 e. The highest BCUT2D eigenvalue weighted by Gasteiger charge is 2.23. The van der Waals surface area contributed by atoms with Gasteiger partial charge in [0.25, 0.3) is 5.91 Å². The third-order valence-electron chi connectivity index (χ3n) is 6.41. The normalized spacial score (nSPS) is 14.6. The first-order chi connectivity index (χ1) is 15.6. The van der Waals surface area contributed by atoms with Gasteiger partial charge in [0.1, 0.15) is 5.84 Å². The van der Waals surface area contributed by atoms with Gasteiger partial charge in [-0.3, -0.25) is 10.2 Å². The SMILES string of the molecule is N=C(N)c1ccc2nc(C(=O)NC3CCCCC3)n(Cc3cccc4ccccc34)c2c1. The second kappa shape index (κ2) is 8.46. The lowest BCUT2D eigenvalue weighted by molar-refractivity contribution is 0.0914. The molecule has 162 valence electrons. The van der Waals surface area contributed by atoms with Crippen molar-refractivity contribution in [2.24, 2.45) is 5.73 Å². The molecule has 1 fully saturated rings. The summed E-state index contributed by atoms with van der Waals surface area (Å²) in [7, 11) is 0. The Kier molecular flexibility index (Phi) is 5.35. The summed E-state index contributed by atoms with van der Waals surface area (Å²) >= 11 is 0. The molecule has 0 spiro atoms. The van der Waals surface area contributed by atoms with E-state index in [9.17, 15) is 4.79 Å². The first-order valence-corrected chi connectivity index (χ1v) is 11.2. The van der Waals surface area contributed by atoms with Crippen LogP contribution in [0.1, 0.15) is 53.8 Å². The minimum Gasteiger partial charge on any atom is -0.384 e. The third-order valence-corrected chi connectivity index (χ3v) is 6.41. The van der Waals surface area contributed by atoms with E-state index in [4.69, 9.17) is 16.1 Å². The van der Waals surface area contributed by atoms with Gasteiger partial charge in [-0.25, -0.2) is 4.98 Å². The lowest BCUT2D eigenvalue weighted by atomic mass is 9.95. The predicted molar refractivity (Wildman–Crippen MR) is 128 cm³/mol. The van der Waals surface area contributed by atoms with E-state index in [0.29, 0.717) is 17.9 Å². The van der Waals surface area contributed by atoms with Crippen molar-refractivity contribution in [1.82, 2.24) is 14.9 Å². The van der Waals surface area contributed by atoms with Crippen LogP contribution in [-0.4, -0.2) is 27.3 Å². The van der Waals surface area contributed by atoms with Crippen LogP contribution in [0.5, 0.6) is 0 Å². The van der Waals surface area contributed by atoms with E-state index in [1.54, 1.807) is 6.07 Å². The van der Waals surface area contributed by atoms with Crippen LogP contribution >= 0.6 is 0 Å². The number of fused-ring (bicyclic) bond motifs is 2. The van der Waals surface area contributed by atoms with Crippen LogP contribution in [0.2, 0.25) is 0 Å². The zero-order valence-corrected chi connectivity index (χ0v) is 18.0. The standard InChI is InChI=1S/C26H27N5O/c27-24(28)18-13-14-22-23(15-18)31(16-19-9-6-8-17-7-4-5-12-21(17)19)25(30-22)26(32)29-20-10-2-1-3-11-20/h4-9,12-15,20H,1-3,10-11,16H2,(H3,27,28)(H,29,32). The number of amides is 1. The lowest BCUT2D eigenvalue weighted by Gasteiger charge is -2.22. The summed E-state index contributed by atoms with van der Waals surface area (Å²) in [5.41, 5.74) is 9.01. The molecule has 1 saturated carbocycles. The number of amidine groups is 1. The molecule has 32 heavy (non-hydrogen) atoms. The number of nitrogens with two attached hydrogens (primary N) is 1. The van der Waals surface area contributed by atoms with Crippen LogP contribution in [0.3, 0.4) is 0 Å². The van der Waals surface area contributed by atoms with Crippen LogP contribution in [0.25, 0.3) is 21.8 Å². The second-order valence-electron chi connectivity index (χ2n) is 8.59. The quantitative estimate of drug-likeness (QED) is 0.322. The zero-order valence-electron chi connectivity index (χ0n) is 18.0. The monoisotopic (exact) mass is 425 g/mol. The first-order valence-electron chi connectivity index (χ1n) is 11.2. The molecule has 0 saturated heterocycles. The number of carbonyl (C=O) groups excluding carboxylic acids is 1. The van der Waals surface area contributed by atoms with Crippen molar-refractivity contribution in [3.8, 4) is 0 Å². The molecule has 4 aromatic rings. The van der Waals surface area contributed by atoms with Crippen molar-refractivity contribution in [3.05, 3.63) is 77.6 Å². The number of hydrogen-bond donors (Lipinski definition) is 3. The maximum absolute atomic E-state index is 13.3. The summed E-state index contributed by atoms with van der Waals surface area (Å²) in [5.74, 6) is 0.259. The molecule has 0 aliphatic heterocycles. The van der Waals surface area contributed by atoms with Crippen molar-refractivity contribution >= 4 is 33.5 Å². The Bertz CT molecular complexity index is 1310. The van der Waals surface area contributed by atoms with Crippen molar-refractivity contribution in [3.63, 3.8) is 0 Å².